The third-order valence-electron chi connectivity index (χ3n) is 2.45. The van der Waals surface area contributed by atoms with Crippen molar-refractivity contribution in [2.24, 2.45) is 0 Å². The number of hydrogen-bond donors (Lipinski definition) is 1. The Labute approximate surface area is 86.7 Å². The monoisotopic (exact) mass is 195 g/mol. The maximum atomic E-state index is 5.33. The molecule has 1 N–H and O–H groups in total. The Morgan fingerprint density at radius 2 is 2.21 bits per heavy atom. The van der Waals surface area contributed by atoms with Crippen LogP contribution in [-0.4, -0.2) is 6.54 Å². The lowest BCUT2D eigenvalue weighted by atomic mass is 10.0. The second kappa shape index (κ2) is 5.86. The normalized spacial score (nSPS) is 13.1. The van der Waals surface area contributed by atoms with Crippen molar-refractivity contribution in [1.29, 1.82) is 0 Å². The molecule has 0 fully saturated rings. The van der Waals surface area contributed by atoms with Gasteiger partial charge in [0.2, 0.25) is 0 Å². The first-order chi connectivity index (χ1) is 6.77. The van der Waals surface area contributed by atoms with Gasteiger partial charge in [-0.2, -0.15) is 0 Å². The van der Waals surface area contributed by atoms with Crippen LogP contribution in [0.2, 0.25) is 0 Å². The summed E-state index contributed by atoms with van der Waals surface area (Å²) in [4.78, 5) is 0. The zero-order valence-corrected chi connectivity index (χ0v) is 9.47. The maximum absolute atomic E-state index is 5.33. The first kappa shape index (κ1) is 11.3. The molecule has 0 radical (unpaired) electrons. The molecule has 0 aromatic carbocycles. The molecule has 0 saturated carbocycles. The van der Waals surface area contributed by atoms with Crippen LogP contribution in [0.4, 0.5) is 0 Å². The molecule has 0 aliphatic carbocycles. The van der Waals surface area contributed by atoms with E-state index in [1.807, 2.05) is 13.2 Å². The molecule has 1 unspecified atom stereocenters. The van der Waals surface area contributed by atoms with E-state index in [4.69, 9.17) is 4.42 Å². The molecule has 1 atom stereocenters. The minimum atomic E-state index is 0.470. The molecular weight excluding hydrogens is 174 g/mol. The molecule has 0 bridgehead atoms. The van der Waals surface area contributed by atoms with Gasteiger partial charge in [-0.25, -0.2) is 0 Å². The average molecular weight is 195 g/mol. The van der Waals surface area contributed by atoms with Crippen molar-refractivity contribution in [3.05, 3.63) is 23.7 Å². The van der Waals surface area contributed by atoms with E-state index >= 15 is 0 Å². The predicted octanol–water partition coefficient (Wildman–Crippen LogP) is 3.43. The largest absolute Gasteiger partial charge is 0.469 e. The van der Waals surface area contributed by atoms with Crippen molar-refractivity contribution < 1.29 is 4.42 Å². The molecule has 1 aromatic heterocycles. The smallest absolute Gasteiger partial charge is 0.101 e. The third-order valence-corrected chi connectivity index (χ3v) is 2.45. The van der Waals surface area contributed by atoms with Crippen LogP contribution in [-0.2, 0) is 0 Å². The van der Waals surface area contributed by atoms with Gasteiger partial charge in [-0.05, 0) is 26.0 Å². The van der Waals surface area contributed by atoms with Crippen LogP contribution in [0.25, 0.3) is 0 Å². The molecule has 2 heteroatoms. The number of furan rings is 1. The molecule has 0 spiro atoms. The van der Waals surface area contributed by atoms with E-state index in [9.17, 15) is 0 Å². The van der Waals surface area contributed by atoms with Crippen LogP contribution in [0, 0.1) is 6.92 Å². The van der Waals surface area contributed by atoms with Crippen LogP contribution in [0.1, 0.15) is 50.5 Å². The number of unbranched alkanes of at least 4 members (excludes halogenated alkanes) is 1. The van der Waals surface area contributed by atoms with Gasteiger partial charge in [0.15, 0.2) is 0 Å². The molecule has 2 nitrogen and oxygen atoms in total. The molecule has 0 saturated heterocycles. The van der Waals surface area contributed by atoms with E-state index in [1.54, 1.807) is 0 Å². The van der Waals surface area contributed by atoms with Gasteiger partial charge >= 0.3 is 0 Å². The topological polar surface area (TPSA) is 25.2 Å². The molecular formula is C12H21NO. The summed E-state index contributed by atoms with van der Waals surface area (Å²) in [5.41, 5.74) is 1.29. The number of aryl methyl sites for hydroxylation is 1. The Kier molecular flexibility index (Phi) is 4.74. The van der Waals surface area contributed by atoms with Crippen molar-refractivity contribution >= 4 is 0 Å². The molecule has 1 heterocycles. The van der Waals surface area contributed by atoms with Crippen molar-refractivity contribution in [1.82, 2.24) is 5.32 Å². The Morgan fingerprint density at radius 1 is 1.43 bits per heavy atom. The van der Waals surface area contributed by atoms with Crippen LogP contribution in [0.5, 0.6) is 0 Å². The predicted molar refractivity (Wildman–Crippen MR) is 59.4 cm³/mol. The van der Waals surface area contributed by atoms with Gasteiger partial charge in [-0.3, -0.25) is 0 Å². The summed E-state index contributed by atoms with van der Waals surface area (Å²) in [7, 11) is 0. The highest BCUT2D eigenvalue weighted by atomic mass is 16.3. The Hall–Kier alpha value is -0.760. The van der Waals surface area contributed by atoms with Gasteiger partial charge in [-0.15, -0.1) is 0 Å². The summed E-state index contributed by atoms with van der Waals surface area (Å²) in [6, 6.07) is 2.60. The van der Waals surface area contributed by atoms with E-state index in [-0.39, 0.29) is 0 Å². The lowest BCUT2D eigenvalue weighted by Gasteiger charge is -2.15. The van der Waals surface area contributed by atoms with Crippen LogP contribution in [0.3, 0.4) is 0 Å². The second-order valence-corrected chi connectivity index (χ2v) is 3.74. The Bertz CT molecular complexity index is 255. The highest BCUT2D eigenvalue weighted by molar-refractivity contribution is 5.16. The highest BCUT2D eigenvalue weighted by Crippen LogP contribution is 2.21. The zero-order chi connectivity index (χ0) is 10.4. The minimum absolute atomic E-state index is 0.470. The van der Waals surface area contributed by atoms with Crippen LogP contribution in [0.15, 0.2) is 16.7 Å². The van der Waals surface area contributed by atoms with Gasteiger partial charge in [0.1, 0.15) is 5.76 Å². The summed E-state index contributed by atoms with van der Waals surface area (Å²) in [5, 5.41) is 3.49. The number of hydrogen-bond acceptors (Lipinski definition) is 2. The van der Waals surface area contributed by atoms with Gasteiger partial charge in [0, 0.05) is 11.6 Å². The third kappa shape index (κ3) is 3.18. The summed E-state index contributed by atoms with van der Waals surface area (Å²) in [6.07, 6.45) is 5.59. The first-order valence-electron chi connectivity index (χ1n) is 5.56. The molecule has 0 amide bonds. The van der Waals surface area contributed by atoms with Crippen molar-refractivity contribution in [3.8, 4) is 0 Å². The fourth-order valence-corrected chi connectivity index (χ4v) is 1.69. The fourth-order valence-electron chi connectivity index (χ4n) is 1.69. The summed E-state index contributed by atoms with van der Waals surface area (Å²) in [6.45, 7) is 7.38. The van der Waals surface area contributed by atoms with E-state index in [0.717, 1.165) is 12.3 Å². The standard InChI is InChI=1S/C12H21NO/c1-4-6-7-12(13-5-2)11-8-10(3)14-9-11/h8-9,12-13H,4-7H2,1-3H3. The fraction of sp³-hybridized carbons (Fsp3) is 0.667. The summed E-state index contributed by atoms with van der Waals surface area (Å²) < 4.78 is 5.33. The van der Waals surface area contributed by atoms with Crippen molar-refractivity contribution in [2.45, 2.75) is 46.1 Å². The van der Waals surface area contributed by atoms with Crippen LogP contribution < -0.4 is 5.32 Å². The quantitative estimate of drug-likeness (QED) is 0.752. The maximum Gasteiger partial charge on any atom is 0.101 e. The Morgan fingerprint density at radius 3 is 2.71 bits per heavy atom. The summed E-state index contributed by atoms with van der Waals surface area (Å²) in [5.74, 6) is 0.999. The number of rotatable bonds is 6. The van der Waals surface area contributed by atoms with E-state index in [0.29, 0.717) is 6.04 Å². The minimum Gasteiger partial charge on any atom is -0.469 e. The molecule has 0 aliphatic rings. The van der Waals surface area contributed by atoms with Crippen molar-refractivity contribution in [2.75, 3.05) is 6.54 Å². The van der Waals surface area contributed by atoms with E-state index in [2.05, 4.69) is 25.2 Å². The Balaban J connectivity index is 2.57. The second-order valence-electron chi connectivity index (χ2n) is 3.74. The van der Waals surface area contributed by atoms with E-state index < -0.39 is 0 Å². The number of nitrogens with one attached hydrogen (secondary N) is 1. The highest BCUT2D eigenvalue weighted by Gasteiger charge is 2.11. The first-order valence-corrected chi connectivity index (χ1v) is 5.56. The molecule has 80 valence electrons. The van der Waals surface area contributed by atoms with Crippen molar-refractivity contribution in [3.63, 3.8) is 0 Å². The molecule has 14 heavy (non-hydrogen) atoms. The van der Waals surface area contributed by atoms with Gasteiger partial charge in [-0.1, -0.05) is 26.7 Å². The lowest BCUT2D eigenvalue weighted by molar-refractivity contribution is 0.481. The molecule has 1 rings (SSSR count). The lowest BCUT2D eigenvalue weighted by Crippen LogP contribution is -2.20. The van der Waals surface area contributed by atoms with E-state index in [1.165, 1.54) is 24.8 Å². The van der Waals surface area contributed by atoms with Gasteiger partial charge in [0.25, 0.3) is 0 Å². The summed E-state index contributed by atoms with van der Waals surface area (Å²) >= 11 is 0. The molecule has 0 aliphatic heterocycles. The SMILES string of the molecule is CCCCC(NCC)c1coc(C)c1. The average Bonchev–Trinajstić information content (AvgIpc) is 2.59. The van der Waals surface area contributed by atoms with Gasteiger partial charge < -0.3 is 9.73 Å². The molecule has 1 aromatic rings. The van der Waals surface area contributed by atoms with Gasteiger partial charge in [0.05, 0.1) is 6.26 Å². The van der Waals surface area contributed by atoms with Crippen LogP contribution >= 0.6 is 0 Å². The zero-order valence-electron chi connectivity index (χ0n) is 9.47.